The van der Waals surface area contributed by atoms with Gasteiger partial charge in [0.05, 0.1) is 132 Å². The Bertz CT molecular complexity index is 2010. The number of alkyl carbamates (subject to hydrolysis) is 1. The van der Waals surface area contributed by atoms with Crippen molar-refractivity contribution in [3.63, 3.8) is 0 Å². The van der Waals surface area contributed by atoms with Crippen LogP contribution in [0.2, 0.25) is 25.7 Å². The SMILES string of the molecule is C[Si](C)(C)CCOC(=O)CCCNC(=O)[C@H](CCCCNC(=O)CCOCCOCCOCCNC(=O)CCOCCOCCOCCC(=O)NCCOCCOCCOCCC(=O)OCc1ccccc1)NC(=O)OCc1ccccc1. The van der Waals surface area contributed by atoms with Crippen LogP contribution >= 0.6 is 0 Å². The van der Waals surface area contributed by atoms with Crippen LogP contribution in [0.4, 0.5) is 4.79 Å². The number of unbranched alkanes of at least 4 members (excludes halogenated alkanes) is 1. The second kappa shape index (κ2) is 50.9. The lowest BCUT2D eigenvalue weighted by Gasteiger charge is -2.18. The summed E-state index contributed by atoms with van der Waals surface area (Å²) in [5.74, 6) is -1.48. The van der Waals surface area contributed by atoms with Gasteiger partial charge in [0.25, 0.3) is 0 Å². The van der Waals surface area contributed by atoms with Gasteiger partial charge in [0.1, 0.15) is 19.3 Å². The first-order chi connectivity index (χ1) is 40.3. The molecule has 0 aromatic heterocycles. The van der Waals surface area contributed by atoms with Crippen molar-refractivity contribution in [3.8, 4) is 0 Å². The van der Waals surface area contributed by atoms with E-state index in [-0.39, 0.29) is 114 Å². The molecule has 0 saturated carbocycles. The third-order valence-corrected chi connectivity index (χ3v) is 13.2. The van der Waals surface area contributed by atoms with Gasteiger partial charge in [-0.15, -0.1) is 0 Å². The Hall–Kier alpha value is -5.61. The van der Waals surface area contributed by atoms with Gasteiger partial charge in [-0.3, -0.25) is 28.8 Å². The number of rotatable bonds is 54. The number of carbonyl (C=O) groups is 7. The first-order valence-electron chi connectivity index (χ1n) is 28.9. The van der Waals surface area contributed by atoms with Crippen LogP contribution in [0.25, 0.3) is 0 Å². The van der Waals surface area contributed by atoms with E-state index in [2.05, 4.69) is 46.2 Å². The summed E-state index contributed by atoms with van der Waals surface area (Å²) < 4.78 is 65.0. The number of nitrogens with one attached hydrogen (secondary N) is 5. The molecule has 0 fully saturated rings. The van der Waals surface area contributed by atoms with E-state index in [9.17, 15) is 33.6 Å². The van der Waals surface area contributed by atoms with Crippen LogP contribution < -0.4 is 26.6 Å². The minimum Gasteiger partial charge on any atom is -0.466 e. The van der Waals surface area contributed by atoms with E-state index in [4.69, 9.17) is 56.8 Å². The Morgan fingerprint density at radius 2 is 0.771 bits per heavy atom. The molecule has 2 aromatic rings. The maximum absolute atomic E-state index is 13.1. The third kappa shape index (κ3) is 47.4. The van der Waals surface area contributed by atoms with E-state index >= 15 is 0 Å². The van der Waals surface area contributed by atoms with Crippen LogP contribution in [0.5, 0.6) is 0 Å². The van der Waals surface area contributed by atoms with Gasteiger partial charge in [-0.05, 0) is 42.9 Å². The van der Waals surface area contributed by atoms with E-state index in [1.54, 1.807) is 0 Å². The molecule has 0 aliphatic rings. The molecule has 5 amide bonds. The molecule has 0 radical (unpaired) electrons. The summed E-state index contributed by atoms with van der Waals surface area (Å²) in [4.78, 5) is 86.0. The number of amides is 5. The molecule has 2 rings (SSSR count). The second-order valence-electron chi connectivity index (χ2n) is 19.9. The lowest BCUT2D eigenvalue weighted by molar-refractivity contribution is -0.146. The lowest BCUT2D eigenvalue weighted by Crippen LogP contribution is -2.47. The normalized spacial score (nSPS) is 11.6. The molecule has 0 aliphatic carbocycles. The molecule has 2 aromatic carbocycles. The van der Waals surface area contributed by atoms with Crippen LogP contribution in [0.3, 0.4) is 0 Å². The molecule has 470 valence electrons. The molecule has 5 N–H and O–H groups in total. The highest BCUT2D eigenvalue weighted by molar-refractivity contribution is 6.76. The van der Waals surface area contributed by atoms with Gasteiger partial charge in [-0.2, -0.15) is 0 Å². The Morgan fingerprint density at radius 3 is 1.23 bits per heavy atom. The van der Waals surface area contributed by atoms with Crippen LogP contribution in [-0.2, 0) is 98.8 Å². The smallest absolute Gasteiger partial charge is 0.408 e. The topological polar surface area (TPSA) is 290 Å². The summed E-state index contributed by atoms with van der Waals surface area (Å²) in [5, 5.41) is 13.8. The molecule has 0 spiro atoms. The Morgan fingerprint density at radius 1 is 0.386 bits per heavy atom. The average molecular weight is 1190 g/mol. The lowest BCUT2D eigenvalue weighted by atomic mass is 10.1. The van der Waals surface area contributed by atoms with E-state index in [0.717, 1.165) is 17.2 Å². The minimum absolute atomic E-state index is 0.0520. The fraction of sp³-hybridized carbons (Fsp3) is 0.672. The zero-order valence-corrected chi connectivity index (χ0v) is 50.4. The van der Waals surface area contributed by atoms with Gasteiger partial charge >= 0.3 is 18.0 Å². The summed E-state index contributed by atoms with van der Waals surface area (Å²) in [6.45, 7) is 14.5. The van der Waals surface area contributed by atoms with Gasteiger partial charge in [-0.1, -0.05) is 80.3 Å². The summed E-state index contributed by atoms with van der Waals surface area (Å²) in [7, 11) is -1.31. The maximum atomic E-state index is 13.1. The highest BCUT2D eigenvalue weighted by Crippen LogP contribution is 2.09. The summed E-state index contributed by atoms with van der Waals surface area (Å²) in [6, 6.07) is 18.7. The highest BCUT2D eigenvalue weighted by Gasteiger charge is 2.22. The van der Waals surface area contributed by atoms with E-state index in [1.807, 2.05) is 60.7 Å². The molecule has 0 bridgehead atoms. The minimum atomic E-state index is -1.31. The number of hydrogen-bond donors (Lipinski definition) is 5. The van der Waals surface area contributed by atoms with Crippen LogP contribution in [0, 0.1) is 0 Å². The van der Waals surface area contributed by atoms with Crippen LogP contribution in [0.15, 0.2) is 60.7 Å². The van der Waals surface area contributed by atoms with Crippen LogP contribution in [-0.4, -0.2) is 207 Å². The van der Waals surface area contributed by atoms with Crippen molar-refractivity contribution in [2.24, 2.45) is 0 Å². The fourth-order valence-electron chi connectivity index (χ4n) is 6.86. The summed E-state index contributed by atoms with van der Waals surface area (Å²) >= 11 is 0. The Balaban J connectivity index is 1.32. The van der Waals surface area contributed by atoms with Crippen LogP contribution in [0.1, 0.15) is 68.9 Å². The first kappa shape index (κ1) is 73.5. The summed E-state index contributed by atoms with van der Waals surface area (Å²) in [5.41, 5.74) is 1.74. The fourth-order valence-corrected chi connectivity index (χ4v) is 7.58. The number of ether oxygens (including phenoxy) is 12. The number of carbonyl (C=O) groups excluding carboxylic acids is 7. The van der Waals surface area contributed by atoms with E-state index < -0.39 is 20.2 Å². The Kier molecular flexibility index (Phi) is 45.0. The molecule has 0 saturated heterocycles. The second-order valence-corrected chi connectivity index (χ2v) is 25.5. The van der Waals surface area contributed by atoms with Gasteiger partial charge in [0, 0.05) is 59.9 Å². The molecular formula is C58H95N5O19Si. The quantitative estimate of drug-likeness (QED) is 0.0270. The van der Waals surface area contributed by atoms with Gasteiger partial charge in [0.2, 0.25) is 23.6 Å². The molecule has 0 unspecified atom stereocenters. The van der Waals surface area contributed by atoms with Crippen molar-refractivity contribution in [1.82, 2.24) is 26.6 Å². The largest absolute Gasteiger partial charge is 0.466 e. The standard InChI is InChI=1S/C58H95N5O19Si/c1-83(2,3)46-45-80-55(67)18-12-24-62-57(69)51(63-58(70)82-48-50-15-8-5-9-16-50)17-10-11-23-59-52(64)19-27-71-35-41-78-43-37-75-31-25-60-53(65)20-28-72-33-39-77-40-34-73-29-21-54(66)61-26-32-76-38-44-79-42-36-74-30-22-56(68)81-47-49-13-6-4-7-14-49/h4-9,13-16,51H,10-12,17-48H2,1-3H3,(H,59,64)(H,60,65)(H,61,66)(H,62,69)(H,63,70)/t51-/m0/s1. The van der Waals surface area contributed by atoms with Crippen molar-refractivity contribution in [2.75, 3.05) is 152 Å². The molecular weight excluding hydrogens is 1100 g/mol. The van der Waals surface area contributed by atoms with Gasteiger partial charge in [0.15, 0.2) is 0 Å². The van der Waals surface area contributed by atoms with Crippen molar-refractivity contribution in [2.45, 2.75) is 103 Å². The van der Waals surface area contributed by atoms with E-state index in [1.165, 1.54) is 0 Å². The zero-order valence-electron chi connectivity index (χ0n) is 49.4. The zero-order chi connectivity index (χ0) is 60.1. The van der Waals surface area contributed by atoms with Gasteiger partial charge < -0.3 is 83.4 Å². The molecule has 25 heteroatoms. The molecule has 24 nitrogen and oxygen atoms in total. The van der Waals surface area contributed by atoms with Gasteiger partial charge in [-0.25, -0.2) is 4.79 Å². The molecule has 83 heavy (non-hydrogen) atoms. The summed E-state index contributed by atoms with van der Waals surface area (Å²) in [6.07, 6.45) is 2.03. The average Bonchev–Trinajstić information content (AvgIpc) is 3.47. The molecule has 0 aliphatic heterocycles. The van der Waals surface area contributed by atoms with Crippen molar-refractivity contribution in [1.29, 1.82) is 0 Å². The molecule has 0 heterocycles. The maximum Gasteiger partial charge on any atom is 0.408 e. The highest BCUT2D eigenvalue weighted by atomic mass is 28.3. The van der Waals surface area contributed by atoms with E-state index in [0.29, 0.717) is 144 Å². The van der Waals surface area contributed by atoms with Crippen molar-refractivity contribution < 1.29 is 90.4 Å². The number of hydrogen-bond acceptors (Lipinski definition) is 19. The first-order valence-corrected chi connectivity index (χ1v) is 32.6. The predicted molar refractivity (Wildman–Crippen MR) is 310 cm³/mol. The van der Waals surface area contributed by atoms with Crippen molar-refractivity contribution >= 4 is 49.7 Å². The monoisotopic (exact) mass is 1190 g/mol. The molecule has 1 atom stereocenters. The predicted octanol–water partition coefficient (Wildman–Crippen LogP) is 4.03. The number of benzene rings is 2. The van der Waals surface area contributed by atoms with Crippen molar-refractivity contribution in [3.05, 3.63) is 71.8 Å². The third-order valence-electron chi connectivity index (χ3n) is 11.5. The Labute approximate surface area is 491 Å². The number of esters is 2.